The first-order valence-corrected chi connectivity index (χ1v) is 11.9. The predicted octanol–water partition coefficient (Wildman–Crippen LogP) is 5.03. The number of carbonyl (C=O) groups is 2. The molecule has 2 saturated heterocycles. The molecule has 174 valence electrons. The highest BCUT2D eigenvalue weighted by atomic mass is 35.5. The maximum absolute atomic E-state index is 12.5. The Balaban J connectivity index is 1.30. The van der Waals surface area contributed by atoms with Gasteiger partial charge >= 0.3 is 12.0 Å². The van der Waals surface area contributed by atoms with E-state index in [4.69, 9.17) is 28.6 Å². The number of hydrogen-bond acceptors (Lipinski definition) is 4. The maximum atomic E-state index is 12.5. The lowest BCUT2D eigenvalue weighted by atomic mass is 9.98. The molecule has 2 amide bonds. The average molecular weight is 487 g/mol. The van der Waals surface area contributed by atoms with Crippen LogP contribution < -0.4 is 16.0 Å². The van der Waals surface area contributed by atoms with Gasteiger partial charge in [0.25, 0.3) is 0 Å². The Morgan fingerprint density at radius 2 is 1.73 bits per heavy atom. The Morgan fingerprint density at radius 3 is 2.36 bits per heavy atom. The van der Waals surface area contributed by atoms with Gasteiger partial charge in [-0.1, -0.05) is 23.7 Å². The number of rotatable bonds is 5. The van der Waals surface area contributed by atoms with Crippen LogP contribution in [0.2, 0.25) is 5.02 Å². The molecular formula is C24H27ClN4O3S. The van der Waals surface area contributed by atoms with Gasteiger partial charge in [-0.05, 0) is 81.2 Å². The number of fused-ring (bicyclic) bond motifs is 2. The van der Waals surface area contributed by atoms with E-state index < -0.39 is 0 Å². The van der Waals surface area contributed by atoms with Crippen molar-refractivity contribution >= 4 is 52.3 Å². The zero-order valence-electron chi connectivity index (χ0n) is 18.3. The number of esters is 1. The van der Waals surface area contributed by atoms with Crippen molar-refractivity contribution in [2.45, 2.75) is 50.7 Å². The summed E-state index contributed by atoms with van der Waals surface area (Å²) in [5.74, 6) is -0.377. The van der Waals surface area contributed by atoms with E-state index in [1.165, 1.54) is 0 Å². The van der Waals surface area contributed by atoms with Crippen LogP contribution in [0.15, 0.2) is 48.5 Å². The van der Waals surface area contributed by atoms with E-state index in [1.54, 1.807) is 31.2 Å². The third kappa shape index (κ3) is 5.57. The van der Waals surface area contributed by atoms with Crippen LogP contribution in [0, 0.1) is 0 Å². The molecule has 2 unspecified atom stereocenters. The van der Waals surface area contributed by atoms with Crippen molar-refractivity contribution in [3.63, 3.8) is 0 Å². The molecule has 3 N–H and O–H groups in total. The molecule has 2 bridgehead atoms. The minimum absolute atomic E-state index is 0.0701. The van der Waals surface area contributed by atoms with Gasteiger partial charge < -0.3 is 25.6 Å². The summed E-state index contributed by atoms with van der Waals surface area (Å²) in [5.41, 5.74) is 1.87. The van der Waals surface area contributed by atoms with Crippen LogP contribution in [0.4, 0.5) is 16.2 Å². The number of piperidine rings is 1. The van der Waals surface area contributed by atoms with Crippen LogP contribution in [0.1, 0.15) is 43.0 Å². The van der Waals surface area contributed by atoms with Gasteiger partial charge in [-0.25, -0.2) is 9.59 Å². The molecule has 2 aliphatic heterocycles. The lowest BCUT2D eigenvalue weighted by Gasteiger charge is -2.40. The molecule has 0 spiro atoms. The van der Waals surface area contributed by atoms with E-state index in [2.05, 4.69) is 20.9 Å². The molecule has 2 aromatic carbocycles. The van der Waals surface area contributed by atoms with Crippen molar-refractivity contribution in [2.75, 3.05) is 17.2 Å². The number of nitrogens with zero attached hydrogens (tertiary/aromatic N) is 1. The molecule has 0 radical (unpaired) electrons. The van der Waals surface area contributed by atoms with Crippen LogP contribution in [0.3, 0.4) is 0 Å². The molecular weight excluding hydrogens is 460 g/mol. The summed E-state index contributed by atoms with van der Waals surface area (Å²) >= 11 is 12.0. The summed E-state index contributed by atoms with van der Waals surface area (Å²) < 4.78 is 4.98. The first-order valence-electron chi connectivity index (χ1n) is 11.1. The van der Waals surface area contributed by atoms with Crippen LogP contribution in [0.5, 0.6) is 0 Å². The molecule has 33 heavy (non-hydrogen) atoms. The van der Waals surface area contributed by atoms with Gasteiger partial charge in [0, 0.05) is 23.8 Å². The standard InChI is InChI=1S/C24H27ClN4O3S/c1-2-32-22(30)15-7-9-16(10-8-15)26-23(31)27-17-13-18-11-12-19(14-17)29(18)24(33)28-21-6-4-3-5-20(21)25/h3-10,17-19H,2,11-14H2,1H3,(H,28,33)(H2,26,27,31). The van der Waals surface area contributed by atoms with Crippen molar-refractivity contribution in [1.82, 2.24) is 10.2 Å². The number of para-hydroxylation sites is 1. The Hall–Kier alpha value is -2.84. The van der Waals surface area contributed by atoms with E-state index in [1.807, 2.05) is 24.3 Å². The van der Waals surface area contributed by atoms with Crippen molar-refractivity contribution in [3.05, 3.63) is 59.1 Å². The van der Waals surface area contributed by atoms with Crippen molar-refractivity contribution < 1.29 is 14.3 Å². The van der Waals surface area contributed by atoms with Crippen LogP contribution in [-0.2, 0) is 4.74 Å². The summed E-state index contributed by atoms with van der Waals surface area (Å²) in [6, 6.07) is 14.6. The first-order chi connectivity index (χ1) is 15.9. The summed E-state index contributed by atoms with van der Waals surface area (Å²) in [6.07, 6.45) is 3.75. The van der Waals surface area contributed by atoms with E-state index in [9.17, 15) is 9.59 Å². The summed E-state index contributed by atoms with van der Waals surface area (Å²) in [7, 11) is 0. The zero-order valence-corrected chi connectivity index (χ0v) is 19.9. The molecule has 9 heteroatoms. The number of anilines is 2. The third-order valence-corrected chi connectivity index (χ3v) is 6.71. The molecule has 0 saturated carbocycles. The fraction of sp³-hybridized carbons (Fsp3) is 0.375. The van der Waals surface area contributed by atoms with E-state index in [0.717, 1.165) is 31.4 Å². The van der Waals surface area contributed by atoms with E-state index >= 15 is 0 Å². The molecule has 2 aromatic rings. The molecule has 2 heterocycles. The topological polar surface area (TPSA) is 82.7 Å². The number of amides is 2. The van der Waals surface area contributed by atoms with Crippen LogP contribution in [0.25, 0.3) is 0 Å². The van der Waals surface area contributed by atoms with Gasteiger partial charge in [0.1, 0.15) is 0 Å². The Morgan fingerprint density at radius 1 is 1.06 bits per heavy atom. The molecule has 7 nitrogen and oxygen atoms in total. The van der Waals surface area contributed by atoms with E-state index in [0.29, 0.717) is 28.0 Å². The number of halogens is 1. The summed E-state index contributed by atoms with van der Waals surface area (Å²) in [5, 5.41) is 10.5. The van der Waals surface area contributed by atoms with Gasteiger partial charge in [-0.2, -0.15) is 0 Å². The highest BCUT2D eigenvalue weighted by Crippen LogP contribution is 2.36. The number of benzene rings is 2. The molecule has 0 aromatic heterocycles. The lowest BCUT2D eigenvalue weighted by molar-refractivity contribution is 0.0526. The second-order valence-corrected chi connectivity index (χ2v) is 9.06. The number of carbonyl (C=O) groups excluding carboxylic acids is 2. The fourth-order valence-electron chi connectivity index (χ4n) is 4.63. The molecule has 2 fully saturated rings. The van der Waals surface area contributed by atoms with Gasteiger partial charge in [0.2, 0.25) is 0 Å². The number of hydrogen-bond donors (Lipinski definition) is 3. The number of ether oxygens (including phenoxy) is 1. The SMILES string of the molecule is CCOC(=O)c1ccc(NC(=O)NC2CC3CCC(C2)N3C(=S)Nc2ccccc2Cl)cc1. The Kier molecular flexibility index (Phi) is 7.35. The number of urea groups is 1. The minimum Gasteiger partial charge on any atom is -0.462 e. The van der Waals surface area contributed by atoms with Crippen LogP contribution >= 0.6 is 23.8 Å². The van der Waals surface area contributed by atoms with Gasteiger partial charge in [0.05, 0.1) is 22.9 Å². The lowest BCUT2D eigenvalue weighted by Crippen LogP contribution is -2.54. The normalized spacial score (nSPS) is 21.3. The second kappa shape index (κ2) is 10.4. The maximum Gasteiger partial charge on any atom is 0.338 e. The minimum atomic E-state index is -0.377. The third-order valence-electron chi connectivity index (χ3n) is 6.07. The zero-order chi connectivity index (χ0) is 23.4. The van der Waals surface area contributed by atoms with Crippen LogP contribution in [-0.4, -0.2) is 46.7 Å². The highest BCUT2D eigenvalue weighted by Gasteiger charge is 2.42. The van der Waals surface area contributed by atoms with Crippen molar-refractivity contribution in [1.29, 1.82) is 0 Å². The van der Waals surface area contributed by atoms with E-state index in [-0.39, 0.29) is 30.1 Å². The largest absolute Gasteiger partial charge is 0.462 e. The quantitative estimate of drug-likeness (QED) is 0.406. The monoisotopic (exact) mass is 486 g/mol. The molecule has 2 aliphatic rings. The highest BCUT2D eigenvalue weighted by molar-refractivity contribution is 7.80. The Bertz CT molecular complexity index is 1020. The first kappa shape index (κ1) is 23.3. The number of nitrogens with one attached hydrogen (secondary N) is 3. The van der Waals surface area contributed by atoms with Gasteiger partial charge in [-0.3, -0.25) is 0 Å². The van der Waals surface area contributed by atoms with Gasteiger partial charge in [-0.15, -0.1) is 0 Å². The second-order valence-electron chi connectivity index (χ2n) is 8.27. The predicted molar refractivity (Wildman–Crippen MR) is 134 cm³/mol. The Labute approximate surface area is 203 Å². The van der Waals surface area contributed by atoms with Crippen molar-refractivity contribution in [2.24, 2.45) is 0 Å². The molecule has 0 aliphatic carbocycles. The number of thiocarbonyl (C=S) groups is 1. The summed E-state index contributed by atoms with van der Waals surface area (Å²) in [4.78, 5) is 26.6. The fourth-order valence-corrected chi connectivity index (χ4v) is 5.22. The average Bonchev–Trinajstić information content (AvgIpc) is 3.06. The molecule has 4 rings (SSSR count). The van der Waals surface area contributed by atoms with Crippen molar-refractivity contribution in [3.8, 4) is 0 Å². The van der Waals surface area contributed by atoms with Gasteiger partial charge in [0.15, 0.2) is 5.11 Å². The summed E-state index contributed by atoms with van der Waals surface area (Å²) in [6.45, 7) is 2.08. The smallest absolute Gasteiger partial charge is 0.338 e. The molecule has 2 atom stereocenters.